The zero-order chi connectivity index (χ0) is 17.2. The Morgan fingerprint density at radius 2 is 1.88 bits per heavy atom. The minimum Gasteiger partial charge on any atom is -0.411 e. The number of nitrogens with zero attached hydrogens (tertiary/aromatic N) is 4. The van der Waals surface area contributed by atoms with Crippen LogP contribution in [0.1, 0.15) is 0 Å². The fraction of sp³-hybridized carbons (Fsp3) is 0. The van der Waals surface area contributed by atoms with Gasteiger partial charge in [0, 0.05) is 11.8 Å². The molecule has 7 nitrogen and oxygen atoms in total. The number of aromatic nitrogens is 3. The van der Waals surface area contributed by atoms with E-state index in [2.05, 4.69) is 15.2 Å². The molecule has 0 bridgehead atoms. The highest BCUT2D eigenvalue weighted by molar-refractivity contribution is 7.99. The lowest BCUT2D eigenvalue weighted by molar-refractivity contribution is -0.388. The molecule has 122 valence electrons. The monoisotopic (exact) mass is 350 g/mol. The van der Waals surface area contributed by atoms with Crippen molar-refractivity contribution in [2.45, 2.75) is 10.1 Å². The van der Waals surface area contributed by atoms with Gasteiger partial charge in [0.1, 0.15) is 6.20 Å². The van der Waals surface area contributed by atoms with Crippen LogP contribution >= 0.6 is 11.8 Å². The van der Waals surface area contributed by atoms with Gasteiger partial charge in [0.15, 0.2) is 0 Å². The van der Waals surface area contributed by atoms with Gasteiger partial charge in [0.05, 0.1) is 9.82 Å². The largest absolute Gasteiger partial charge is 0.411 e. The van der Waals surface area contributed by atoms with Crippen molar-refractivity contribution in [1.29, 1.82) is 0 Å². The second kappa shape index (κ2) is 6.33. The number of benzene rings is 2. The van der Waals surface area contributed by atoms with E-state index in [1.165, 1.54) is 12.4 Å². The third kappa shape index (κ3) is 3.07. The molecule has 0 unspecified atom stereocenters. The molecular formula is C17H10N4O3S. The lowest BCUT2D eigenvalue weighted by atomic mass is 10.1. The molecule has 25 heavy (non-hydrogen) atoms. The van der Waals surface area contributed by atoms with Gasteiger partial charge in [-0.05, 0) is 40.7 Å². The summed E-state index contributed by atoms with van der Waals surface area (Å²) >= 11 is 1.04. The maximum Gasteiger partial charge on any atom is 0.301 e. The molecule has 0 saturated carbocycles. The standard InChI is InChI=1S/C17H10N4O3S/c22-21(23)14-10-18-8-7-15(14)25-17-20-19-16(24-17)13-6-5-11-3-1-2-4-12(11)9-13/h1-10H. The molecule has 0 saturated heterocycles. The molecule has 0 amide bonds. The molecule has 2 aromatic heterocycles. The SMILES string of the molecule is O=[N+]([O-])c1cnccc1Sc1nnc(-c2ccc3ccccc3c2)o1. The van der Waals surface area contributed by atoms with Crippen LogP contribution in [0.5, 0.6) is 0 Å². The van der Waals surface area contributed by atoms with E-state index in [0.717, 1.165) is 28.1 Å². The Morgan fingerprint density at radius 1 is 1.04 bits per heavy atom. The summed E-state index contributed by atoms with van der Waals surface area (Å²) in [4.78, 5) is 14.7. The van der Waals surface area contributed by atoms with Crippen LogP contribution in [0.25, 0.3) is 22.2 Å². The van der Waals surface area contributed by atoms with Crippen molar-refractivity contribution < 1.29 is 9.34 Å². The average Bonchev–Trinajstić information content (AvgIpc) is 3.10. The van der Waals surface area contributed by atoms with Crippen molar-refractivity contribution in [3.8, 4) is 11.5 Å². The van der Waals surface area contributed by atoms with Gasteiger partial charge in [-0.3, -0.25) is 15.1 Å². The second-order valence-corrected chi connectivity index (χ2v) is 6.13. The third-order valence-corrected chi connectivity index (χ3v) is 4.46. The molecular weight excluding hydrogens is 340 g/mol. The molecule has 8 heteroatoms. The molecule has 0 radical (unpaired) electrons. The first-order valence-corrected chi connectivity index (χ1v) is 8.11. The van der Waals surface area contributed by atoms with Gasteiger partial charge in [-0.2, -0.15) is 0 Å². The first-order valence-electron chi connectivity index (χ1n) is 7.29. The van der Waals surface area contributed by atoms with Crippen molar-refractivity contribution in [3.05, 3.63) is 71.0 Å². The maximum absolute atomic E-state index is 11.0. The lowest BCUT2D eigenvalue weighted by Gasteiger charge is -1.99. The molecule has 0 N–H and O–H groups in total. The first kappa shape index (κ1) is 15.3. The number of hydrogen-bond acceptors (Lipinski definition) is 7. The predicted molar refractivity (Wildman–Crippen MR) is 92.3 cm³/mol. The van der Waals surface area contributed by atoms with Crippen LogP contribution < -0.4 is 0 Å². The van der Waals surface area contributed by atoms with Gasteiger partial charge < -0.3 is 4.42 Å². The Morgan fingerprint density at radius 3 is 2.72 bits per heavy atom. The molecule has 0 atom stereocenters. The van der Waals surface area contributed by atoms with Gasteiger partial charge >= 0.3 is 5.69 Å². The summed E-state index contributed by atoms with van der Waals surface area (Å²) in [5.74, 6) is 0.366. The zero-order valence-corrected chi connectivity index (χ0v) is 13.5. The fourth-order valence-electron chi connectivity index (χ4n) is 2.38. The minimum absolute atomic E-state index is 0.0991. The Kier molecular flexibility index (Phi) is 3.87. The van der Waals surface area contributed by atoms with Crippen molar-refractivity contribution in [3.63, 3.8) is 0 Å². The quantitative estimate of drug-likeness (QED) is 0.399. The second-order valence-electron chi connectivity index (χ2n) is 5.14. The van der Waals surface area contributed by atoms with E-state index in [-0.39, 0.29) is 10.9 Å². The topological polar surface area (TPSA) is 95.0 Å². The average molecular weight is 350 g/mol. The summed E-state index contributed by atoms with van der Waals surface area (Å²) in [5, 5.41) is 21.5. The van der Waals surface area contributed by atoms with Gasteiger partial charge in [-0.15, -0.1) is 10.2 Å². The van der Waals surface area contributed by atoms with Gasteiger partial charge in [-0.1, -0.05) is 30.3 Å². The lowest BCUT2D eigenvalue weighted by Crippen LogP contribution is -1.91. The first-order chi connectivity index (χ1) is 12.2. The van der Waals surface area contributed by atoms with E-state index in [1.807, 2.05) is 42.5 Å². The van der Waals surface area contributed by atoms with Crippen LogP contribution in [0.4, 0.5) is 5.69 Å². The highest BCUT2D eigenvalue weighted by Gasteiger charge is 2.18. The summed E-state index contributed by atoms with van der Waals surface area (Å²) in [6.07, 6.45) is 2.68. The van der Waals surface area contributed by atoms with Crippen LogP contribution in [0.3, 0.4) is 0 Å². The Labute approximate surface area is 145 Å². The highest BCUT2D eigenvalue weighted by Crippen LogP contribution is 2.34. The fourth-order valence-corrected chi connectivity index (χ4v) is 3.13. The van der Waals surface area contributed by atoms with Crippen LogP contribution in [-0.4, -0.2) is 20.1 Å². The number of rotatable bonds is 4. The molecule has 0 spiro atoms. The summed E-state index contributed by atoms with van der Waals surface area (Å²) in [5.41, 5.74) is 0.695. The molecule has 0 aliphatic heterocycles. The van der Waals surface area contributed by atoms with E-state index in [9.17, 15) is 10.1 Å². The number of pyridine rings is 1. The van der Waals surface area contributed by atoms with Crippen LogP contribution in [-0.2, 0) is 0 Å². The Hall–Kier alpha value is -3.26. The molecule has 0 aliphatic rings. The number of fused-ring (bicyclic) bond motifs is 1. The molecule has 2 aromatic carbocycles. The predicted octanol–water partition coefficient (Wildman–Crippen LogP) is 4.34. The van der Waals surface area contributed by atoms with Gasteiger partial charge in [-0.25, -0.2) is 0 Å². The Balaban J connectivity index is 1.65. The molecule has 4 aromatic rings. The van der Waals surface area contributed by atoms with Crippen molar-refractivity contribution in [2.24, 2.45) is 0 Å². The smallest absolute Gasteiger partial charge is 0.301 e. The molecule has 0 aliphatic carbocycles. The Bertz CT molecular complexity index is 1080. The van der Waals surface area contributed by atoms with Gasteiger partial charge in [0.25, 0.3) is 5.22 Å². The third-order valence-electron chi connectivity index (χ3n) is 3.56. The molecule has 2 heterocycles. The van der Waals surface area contributed by atoms with Gasteiger partial charge in [0.2, 0.25) is 5.89 Å². The number of hydrogen-bond donors (Lipinski definition) is 0. The van der Waals surface area contributed by atoms with Crippen molar-refractivity contribution >= 4 is 28.2 Å². The maximum atomic E-state index is 11.0. The van der Waals surface area contributed by atoms with E-state index in [0.29, 0.717) is 10.8 Å². The summed E-state index contributed by atoms with van der Waals surface area (Å²) < 4.78 is 5.66. The van der Waals surface area contributed by atoms with E-state index in [1.54, 1.807) is 6.07 Å². The summed E-state index contributed by atoms with van der Waals surface area (Å²) in [6, 6.07) is 15.4. The van der Waals surface area contributed by atoms with Crippen LogP contribution in [0, 0.1) is 10.1 Å². The normalized spacial score (nSPS) is 10.9. The van der Waals surface area contributed by atoms with Crippen molar-refractivity contribution in [2.75, 3.05) is 0 Å². The van der Waals surface area contributed by atoms with E-state index >= 15 is 0 Å². The van der Waals surface area contributed by atoms with E-state index < -0.39 is 4.92 Å². The number of nitro groups is 1. The van der Waals surface area contributed by atoms with Crippen molar-refractivity contribution in [1.82, 2.24) is 15.2 Å². The summed E-state index contributed by atoms with van der Waals surface area (Å²) in [6.45, 7) is 0. The van der Waals surface area contributed by atoms with Crippen LogP contribution in [0.2, 0.25) is 0 Å². The minimum atomic E-state index is -0.490. The zero-order valence-electron chi connectivity index (χ0n) is 12.7. The molecule has 0 fully saturated rings. The molecule has 4 rings (SSSR count). The van der Waals surface area contributed by atoms with Crippen LogP contribution in [0.15, 0.2) is 75.5 Å². The van der Waals surface area contributed by atoms with E-state index in [4.69, 9.17) is 4.42 Å². The summed E-state index contributed by atoms with van der Waals surface area (Å²) in [7, 11) is 0. The highest BCUT2D eigenvalue weighted by atomic mass is 32.2.